The van der Waals surface area contributed by atoms with E-state index >= 15 is 0 Å². The van der Waals surface area contributed by atoms with Gasteiger partial charge in [0.2, 0.25) is 0 Å². The molecule has 0 amide bonds. The smallest absolute Gasteiger partial charge is 1.00 e. The molecule has 16 heavy (non-hydrogen) atoms. The molecule has 118 valence electrons. The largest absolute Gasteiger partial charge is 2.00 e. The maximum Gasteiger partial charge on any atom is 2.00 e. The van der Waals surface area contributed by atoms with Gasteiger partial charge in [-0.2, -0.15) is 8.42 Å². The van der Waals surface area contributed by atoms with Crippen molar-refractivity contribution in [3.05, 3.63) is 29.7 Å². The van der Waals surface area contributed by atoms with E-state index in [2.05, 4.69) is 23.3 Å². The summed E-state index contributed by atoms with van der Waals surface area (Å²) in [7, 11) is -4.67. The molecule has 0 bridgehead atoms. The quantitative estimate of drug-likeness (QED) is 0.122. The summed E-state index contributed by atoms with van der Waals surface area (Å²) in [6.07, 6.45) is 0. The molecule has 2 N–H and O–H groups in total. The predicted molar refractivity (Wildman–Crippen MR) is 72.1 cm³/mol. The molecule has 0 saturated carbocycles. The third kappa shape index (κ3) is 484. The summed E-state index contributed by atoms with van der Waals surface area (Å²) in [5.41, 5.74) is 0. The van der Waals surface area contributed by atoms with Gasteiger partial charge in [0.15, 0.2) is 0 Å². The molecule has 0 unspecified atom stereocenters. The molecule has 0 saturated heterocycles. The van der Waals surface area contributed by atoms with E-state index in [1.165, 1.54) is 0 Å². The summed E-state index contributed by atoms with van der Waals surface area (Å²) >= 11 is 7.33. The molecule has 0 aromatic carbocycles. The first-order chi connectivity index (χ1) is 3.00. The summed E-state index contributed by atoms with van der Waals surface area (Å²) in [6.45, 7) is 0. The molecule has 0 atom stereocenters. The number of hydrogen-bond acceptors (Lipinski definition) is 6. The maximum absolute atomic E-state index is 8.74. The second-order valence-corrected chi connectivity index (χ2v) is 1.34. The van der Waals surface area contributed by atoms with Crippen molar-refractivity contribution in [2.24, 2.45) is 0 Å². The van der Waals surface area contributed by atoms with E-state index in [-0.39, 0.29) is 112 Å². The third-order valence-corrected chi connectivity index (χ3v) is 0. The van der Waals surface area contributed by atoms with Gasteiger partial charge in [-0.25, -0.2) is 0 Å². The van der Waals surface area contributed by atoms with Crippen LogP contribution < -0.4 is 0 Å². The van der Waals surface area contributed by atoms with Gasteiger partial charge < -0.3 is 80.0 Å². The summed E-state index contributed by atoms with van der Waals surface area (Å²) in [6, 6.07) is 0. The maximum atomic E-state index is 8.74. The van der Waals surface area contributed by atoms with Crippen LogP contribution >= 0.6 is 0 Å². The van der Waals surface area contributed by atoms with Crippen molar-refractivity contribution in [1.82, 2.24) is 0 Å². The summed E-state index contributed by atoms with van der Waals surface area (Å²) in [4.78, 5) is 0. The van der Waals surface area contributed by atoms with Crippen LogP contribution in [-0.2, 0) is 116 Å². The van der Waals surface area contributed by atoms with Gasteiger partial charge in [-0.05, 0) is 0 Å². The predicted octanol–water partition coefficient (Wildman–Crippen LogP) is 0.596. The molecule has 0 heterocycles. The van der Waals surface area contributed by atoms with Gasteiger partial charge in [0.1, 0.15) is 0 Å². The SMILES string of the molecule is O=S(=O)(O)O.[CH3-].[CH3-].[CH3-].[CH3-].[Cu+2].[Cu].[Mo+2].[S-][S-].[SH-].[SH-]. The van der Waals surface area contributed by atoms with E-state index in [4.69, 9.17) is 17.5 Å². The fraction of sp³-hybridized carbons (Fsp3) is 0. The first kappa shape index (κ1) is 96.2. The van der Waals surface area contributed by atoms with Crippen molar-refractivity contribution in [1.29, 1.82) is 0 Å². The van der Waals surface area contributed by atoms with E-state index in [1.807, 2.05) is 0 Å². The summed E-state index contributed by atoms with van der Waals surface area (Å²) < 4.78 is 31.6. The van der Waals surface area contributed by atoms with E-state index in [9.17, 15) is 0 Å². The molecule has 2 radical (unpaired) electrons. The van der Waals surface area contributed by atoms with Crippen LogP contribution in [0.4, 0.5) is 0 Å². The molecular formula is C4H16Cu2MoO4S5-4. The van der Waals surface area contributed by atoms with Crippen LogP contribution in [0.1, 0.15) is 0 Å². The Labute approximate surface area is 161 Å². The van der Waals surface area contributed by atoms with E-state index in [1.54, 1.807) is 0 Å². The molecular weight excluding hydrogens is 495 g/mol. The first-order valence-electron chi connectivity index (χ1n) is 0.865. The Morgan fingerprint density at radius 2 is 0.812 bits per heavy atom. The Morgan fingerprint density at radius 1 is 0.812 bits per heavy atom. The molecule has 0 fully saturated rings. The zero-order valence-electron chi connectivity index (χ0n) is 8.84. The number of hydrogen-bond donors (Lipinski definition) is 2. The van der Waals surface area contributed by atoms with Crippen LogP contribution in [-0.4, -0.2) is 17.5 Å². The van der Waals surface area contributed by atoms with Crippen LogP contribution in [0.2, 0.25) is 0 Å². The molecule has 0 rings (SSSR count). The van der Waals surface area contributed by atoms with Gasteiger partial charge >= 0.3 is 48.5 Å². The van der Waals surface area contributed by atoms with Crippen LogP contribution in [0.5, 0.6) is 0 Å². The zero-order valence-corrected chi connectivity index (χ0v) is 17.0. The molecule has 0 aliphatic carbocycles. The van der Waals surface area contributed by atoms with Crippen LogP contribution in [0, 0.1) is 29.7 Å². The van der Waals surface area contributed by atoms with E-state index in [0.717, 1.165) is 0 Å². The Morgan fingerprint density at radius 3 is 0.812 bits per heavy atom. The van der Waals surface area contributed by atoms with Gasteiger partial charge in [0.05, 0.1) is 0 Å². The second kappa shape index (κ2) is 64.2. The molecule has 0 aromatic heterocycles. The normalized spacial score (nSPS) is 4.00. The number of rotatable bonds is 0. The number of thiol groups is 2. The Bertz CT molecular complexity index is 118. The summed E-state index contributed by atoms with van der Waals surface area (Å²) in [5.74, 6) is 0. The van der Waals surface area contributed by atoms with Gasteiger partial charge in [0, 0.05) is 17.1 Å². The van der Waals surface area contributed by atoms with Crippen molar-refractivity contribution >= 4 is 60.7 Å². The first-order valence-corrected chi connectivity index (χ1v) is 3.60. The zero-order chi connectivity index (χ0) is 6.50. The van der Waals surface area contributed by atoms with Crippen LogP contribution in [0.25, 0.3) is 0 Å². The fourth-order valence-electron chi connectivity index (χ4n) is 0. The van der Waals surface area contributed by atoms with Crippen LogP contribution in [0.15, 0.2) is 0 Å². The minimum absolute atomic E-state index is 0. The van der Waals surface area contributed by atoms with Gasteiger partial charge in [-0.3, -0.25) is 9.11 Å². The Balaban J connectivity index is -0.00000000242. The minimum atomic E-state index is -4.67. The second-order valence-electron chi connectivity index (χ2n) is 0.448. The van der Waals surface area contributed by atoms with E-state index in [0.29, 0.717) is 0 Å². The van der Waals surface area contributed by atoms with Gasteiger partial charge in [-0.15, -0.1) is 0 Å². The van der Waals surface area contributed by atoms with Gasteiger partial charge in [0.25, 0.3) is 0 Å². The molecule has 0 aliphatic heterocycles. The van der Waals surface area contributed by atoms with E-state index < -0.39 is 10.4 Å². The Kier molecular flexibility index (Phi) is 386. The molecule has 12 heteroatoms. The monoisotopic (exact) mass is 512 g/mol. The van der Waals surface area contributed by atoms with Gasteiger partial charge in [-0.1, -0.05) is 0 Å². The van der Waals surface area contributed by atoms with Crippen molar-refractivity contribution in [2.75, 3.05) is 0 Å². The fourth-order valence-corrected chi connectivity index (χ4v) is 0. The van der Waals surface area contributed by atoms with Crippen molar-refractivity contribution in [2.45, 2.75) is 0 Å². The Hall–Kier alpha value is 3.00. The van der Waals surface area contributed by atoms with Crippen molar-refractivity contribution in [3.8, 4) is 0 Å². The third-order valence-electron chi connectivity index (χ3n) is 0. The summed E-state index contributed by atoms with van der Waals surface area (Å²) in [5, 5.41) is 0. The van der Waals surface area contributed by atoms with Crippen LogP contribution in [0.3, 0.4) is 0 Å². The van der Waals surface area contributed by atoms with Crippen molar-refractivity contribution in [3.63, 3.8) is 0 Å². The molecule has 0 spiro atoms. The molecule has 0 aliphatic rings. The standard InChI is InChI=1S/4CH3.2Cu.Mo.H2O4S.S2.2H2S/c;;;;;;;1-5(2,3)4;1-2;;/h4*1H3;;;;(H2,1,2,3,4);;2*1H2/q4*-1;;2*+2;;-2;;/p-2. The minimum Gasteiger partial charge on any atom is -1.00 e. The van der Waals surface area contributed by atoms with Crippen molar-refractivity contribution < 1.29 is 72.7 Å². The average Bonchev–Trinajstić information content (AvgIpc) is 1.36. The average molecular weight is 512 g/mol. The topological polar surface area (TPSA) is 74.6 Å². The molecule has 0 aromatic rings. The molecule has 4 nitrogen and oxygen atoms in total.